The van der Waals surface area contributed by atoms with E-state index in [0.29, 0.717) is 25.2 Å². The number of amides is 2. The van der Waals surface area contributed by atoms with Crippen LogP contribution in [0.1, 0.15) is 66.9 Å². The van der Waals surface area contributed by atoms with E-state index in [1.807, 2.05) is 37.3 Å². The second-order valence-electron chi connectivity index (χ2n) is 10.5. The van der Waals surface area contributed by atoms with Gasteiger partial charge in [-0.1, -0.05) is 24.3 Å². The summed E-state index contributed by atoms with van der Waals surface area (Å²) in [6.45, 7) is 3.33. The third-order valence-electron chi connectivity index (χ3n) is 8.11. The second kappa shape index (κ2) is 8.92. The molecule has 4 aliphatic rings. The Morgan fingerprint density at radius 1 is 0.970 bits per heavy atom. The fraction of sp³-hybridized carbons (Fsp3) is 0.500. The molecule has 6 rings (SSSR count). The van der Waals surface area contributed by atoms with Gasteiger partial charge in [-0.3, -0.25) is 9.59 Å². The first-order valence-electron chi connectivity index (χ1n) is 12.3. The maximum absolute atomic E-state index is 13.5. The van der Waals surface area contributed by atoms with Crippen LogP contribution >= 0.6 is 0 Å². The number of rotatable bonds is 7. The highest BCUT2D eigenvalue weighted by Crippen LogP contribution is 2.60. The van der Waals surface area contributed by atoms with Crippen LogP contribution in [-0.2, 0) is 17.9 Å². The average Bonchev–Trinajstić information content (AvgIpc) is 2.80. The lowest BCUT2D eigenvalue weighted by molar-refractivity contribution is -0.146. The molecular formula is C28H33FN2O2. The Hall–Kier alpha value is -2.69. The van der Waals surface area contributed by atoms with Crippen molar-refractivity contribution < 1.29 is 14.0 Å². The quantitative estimate of drug-likeness (QED) is 0.623. The summed E-state index contributed by atoms with van der Waals surface area (Å²) in [6, 6.07) is 13.8. The fourth-order valence-corrected chi connectivity index (χ4v) is 6.89. The Morgan fingerprint density at radius 3 is 2.18 bits per heavy atom. The van der Waals surface area contributed by atoms with Crippen molar-refractivity contribution in [3.05, 3.63) is 71.0 Å². The SMILES string of the molecule is CCN(Cc1cccc(F)c1)C(=O)c1ccc(CNC(=O)C23CC4CC(CC(C4)C2)C3)cc1. The first-order valence-corrected chi connectivity index (χ1v) is 12.3. The van der Waals surface area contributed by atoms with Crippen LogP contribution < -0.4 is 5.32 Å². The predicted octanol–water partition coefficient (Wildman–Crippen LogP) is 5.32. The lowest BCUT2D eigenvalue weighted by Crippen LogP contribution is -2.53. The third kappa shape index (κ3) is 4.55. The highest BCUT2D eigenvalue weighted by Gasteiger charge is 2.54. The molecule has 4 fully saturated rings. The first-order chi connectivity index (χ1) is 15.9. The van der Waals surface area contributed by atoms with E-state index < -0.39 is 0 Å². The van der Waals surface area contributed by atoms with Crippen molar-refractivity contribution in [3.8, 4) is 0 Å². The fourth-order valence-electron chi connectivity index (χ4n) is 6.89. The Bertz CT molecular complexity index is 997. The average molecular weight is 449 g/mol. The molecule has 0 heterocycles. The maximum Gasteiger partial charge on any atom is 0.254 e. The molecule has 0 aliphatic heterocycles. The highest BCUT2D eigenvalue weighted by atomic mass is 19.1. The van der Waals surface area contributed by atoms with E-state index >= 15 is 0 Å². The predicted molar refractivity (Wildman–Crippen MR) is 126 cm³/mol. The van der Waals surface area contributed by atoms with Crippen LogP contribution in [0.2, 0.25) is 0 Å². The second-order valence-corrected chi connectivity index (χ2v) is 10.5. The first kappa shape index (κ1) is 22.1. The molecule has 0 radical (unpaired) electrons. The van der Waals surface area contributed by atoms with Crippen LogP contribution in [0.25, 0.3) is 0 Å². The van der Waals surface area contributed by atoms with Crippen LogP contribution in [0, 0.1) is 29.0 Å². The van der Waals surface area contributed by atoms with Crippen molar-refractivity contribution in [3.63, 3.8) is 0 Å². The number of benzene rings is 2. The van der Waals surface area contributed by atoms with Crippen molar-refractivity contribution in [1.82, 2.24) is 10.2 Å². The monoisotopic (exact) mass is 448 g/mol. The van der Waals surface area contributed by atoms with E-state index in [2.05, 4.69) is 5.32 Å². The molecule has 174 valence electrons. The van der Waals surface area contributed by atoms with Gasteiger partial charge in [0, 0.05) is 30.6 Å². The molecule has 0 unspecified atom stereocenters. The van der Waals surface area contributed by atoms with Gasteiger partial charge in [-0.2, -0.15) is 0 Å². The molecule has 1 N–H and O–H groups in total. The van der Waals surface area contributed by atoms with Gasteiger partial charge >= 0.3 is 0 Å². The van der Waals surface area contributed by atoms with E-state index in [1.54, 1.807) is 11.0 Å². The summed E-state index contributed by atoms with van der Waals surface area (Å²) in [5.41, 5.74) is 2.24. The minimum Gasteiger partial charge on any atom is -0.352 e. The number of halogens is 1. The molecule has 5 heteroatoms. The van der Waals surface area contributed by atoms with E-state index in [0.717, 1.165) is 48.1 Å². The van der Waals surface area contributed by atoms with Crippen molar-refractivity contribution in [2.24, 2.45) is 23.2 Å². The van der Waals surface area contributed by atoms with E-state index in [9.17, 15) is 14.0 Å². The summed E-state index contributed by atoms with van der Waals surface area (Å²) in [5.74, 6) is 2.11. The van der Waals surface area contributed by atoms with Gasteiger partial charge in [-0.15, -0.1) is 0 Å². The van der Waals surface area contributed by atoms with Crippen LogP contribution in [-0.4, -0.2) is 23.3 Å². The minimum absolute atomic E-state index is 0.0779. The van der Waals surface area contributed by atoms with Crippen LogP contribution in [0.15, 0.2) is 48.5 Å². The number of hydrogen-bond acceptors (Lipinski definition) is 2. The maximum atomic E-state index is 13.5. The molecule has 4 bridgehead atoms. The molecule has 0 atom stereocenters. The van der Waals surface area contributed by atoms with Gasteiger partial charge < -0.3 is 10.2 Å². The zero-order chi connectivity index (χ0) is 23.0. The topological polar surface area (TPSA) is 49.4 Å². The van der Waals surface area contributed by atoms with Crippen molar-refractivity contribution in [2.75, 3.05) is 6.54 Å². The molecule has 4 saturated carbocycles. The Kier molecular flexibility index (Phi) is 5.98. The highest BCUT2D eigenvalue weighted by molar-refractivity contribution is 5.94. The van der Waals surface area contributed by atoms with Crippen LogP contribution in [0.4, 0.5) is 4.39 Å². The zero-order valence-electron chi connectivity index (χ0n) is 19.4. The van der Waals surface area contributed by atoms with Gasteiger partial charge in [-0.25, -0.2) is 4.39 Å². The van der Waals surface area contributed by atoms with Gasteiger partial charge in [0.25, 0.3) is 5.91 Å². The lowest BCUT2D eigenvalue weighted by Gasteiger charge is -2.55. The van der Waals surface area contributed by atoms with Crippen molar-refractivity contribution in [2.45, 2.75) is 58.5 Å². The molecule has 4 aliphatic carbocycles. The van der Waals surface area contributed by atoms with Crippen LogP contribution in [0.3, 0.4) is 0 Å². The molecule has 0 spiro atoms. The van der Waals surface area contributed by atoms with E-state index in [4.69, 9.17) is 0 Å². The number of nitrogens with one attached hydrogen (secondary N) is 1. The Labute approximate surface area is 195 Å². The van der Waals surface area contributed by atoms with Crippen molar-refractivity contribution >= 4 is 11.8 Å². The molecule has 4 nitrogen and oxygen atoms in total. The summed E-state index contributed by atoms with van der Waals surface area (Å²) in [4.78, 5) is 27.8. The Balaban J connectivity index is 1.19. The minimum atomic E-state index is -0.295. The number of nitrogens with zero attached hydrogens (tertiary/aromatic N) is 1. The normalized spacial score (nSPS) is 27.4. The molecule has 0 saturated heterocycles. The van der Waals surface area contributed by atoms with Crippen LogP contribution in [0.5, 0.6) is 0 Å². The van der Waals surface area contributed by atoms with E-state index in [1.165, 1.54) is 31.4 Å². The molecule has 2 aromatic rings. The summed E-state index contributed by atoms with van der Waals surface area (Å²) in [6.07, 6.45) is 7.19. The summed E-state index contributed by atoms with van der Waals surface area (Å²) in [5, 5.41) is 3.21. The molecule has 33 heavy (non-hydrogen) atoms. The zero-order valence-corrected chi connectivity index (χ0v) is 19.4. The van der Waals surface area contributed by atoms with Gasteiger partial charge in [0.15, 0.2) is 0 Å². The number of hydrogen-bond donors (Lipinski definition) is 1. The van der Waals surface area contributed by atoms with E-state index in [-0.39, 0.29) is 23.0 Å². The standard InChI is InChI=1S/C28H33FN2O2/c1-2-31(18-20-4-3-5-25(29)13-20)26(32)24-8-6-19(7-9-24)17-30-27(33)28-14-21-10-22(15-28)12-23(11-21)16-28/h3-9,13,21-23H,2,10-12,14-18H2,1H3,(H,30,33). The summed E-state index contributed by atoms with van der Waals surface area (Å²) >= 11 is 0. The molecular weight excluding hydrogens is 415 g/mol. The Morgan fingerprint density at radius 2 is 1.61 bits per heavy atom. The van der Waals surface area contributed by atoms with Crippen molar-refractivity contribution in [1.29, 1.82) is 0 Å². The smallest absolute Gasteiger partial charge is 0.254 e. The van der Waals surface area contributed by atoms with Gasteiger partial charge in [0.1, 0.15) is 5.82 Å². The molecule has 2 aromatic carbocycles. The molecule has 2 amide bonds. The summed E-state index contributed by atoms with van der Waals surface area (Å²) < 4.78 is 13.5. The van der Waals surface area contributed by atoms with Gasteiger partial charge in [-0.05, 0) is 98.6 Å². The number of carbonyl (C=O) groups excluding carboxylic acids is 2. The third-order valence-corrected chi connectivity index (χ3v) is 8.11. The largest absolute Gasteiger partial charge is 0.352 e. The van der Waals surface area contributed by atoms with Gasteiger partial charge in [0.2, 0.25) is 5.91 Å². The lowest BCUT2D eigenvalue weighted by atomic mass is 9.49. The van der Waals surface area contributed by atoms with Gasteiger partial charge in [0.05, 0.1) is 0 Å². The number of carbonyl (C=O) groups is 2. The molecule has 0 aromatic heterocycles. The summed E-state index contributed by atoms with van der Waals surface area (Å²) in [7, 11) is 0.